The van der Waals surface area contributed by atoms with Crippen molar-refractivity contribution < 1.29 is 14.3 Å². The van der Waals surface area contributed by atoms with Gasteiger partial charge in [0.25, 0.3) is 5.91 Å². The molecule has 6 nitrogen and oxygen atoms in total. The van der Waals surface area contributed by atoms with Gasteiger partial charge in [0.2, 0.25) is 5.91 Å². The van der Waals surface area contributed by atoms with Gasteiger partial charge in [0, 0.05) is 42.5 Å². The van der Waals surface area contributed by atoms with Gasteiger partial charge < -0.3 is 19.5 Å². The monoisotopic (exact) mass is 343 g/mol. The van der Waals surface area contributed by atoms with Crippen LogP contribution in [-0.2, 0) is 20.9 Å². The molecule has 0 spiro atoms. The van der Waals surface area contributed by atoms with Crippen LogP contribution in [0.5, 0.6) is 0 Å². The van der Waals surface area contributed by atoms with E-state index in [0.717, 1.165) is 29.4 Å². The lowest BCUT2D eigenvalue weighted by molar-refractivity contribution is -0.131. The van der Waals surface area contributed by atoms with Crippen LogP contribution in [0.2, 0.25) is 0 Å². The third-order valence-corrected chi connectivity index (χ3v) is 4.68. The smallest absolute Gasteiger partial charge is 0.253 e. The molecule has 0 saturated carbocycles. The number of carbonyl (C=O) groups excluding carboxylic acids is 2. The van der Waals surface area contributed by atoms with Crippen LogP contribution in [-0.4, -0.2) is 47.1 Å². The molecule has 1 N–H and O–H groups in total. The number of rotatable bonds is 6. The zero-order valence-electron chi connectivity index (χ0n) is 14.8. The van der Waals surface area contributed by atoms with Crippen LogP contribution in [0.3, 0.4) is 0 Å². The summed E-state index contributed by atoms with van der Waals surface area (Å²) in [6, 6.07) is 7.71. The molecule has 1 aromatic heterocycles. The zero-order chi connectivity index (χ0) is 17.8. The lowest BCUT2D eigenvalue weighted by atomic mass is 10.2. The largest absolute Gasteiger partial charge is 0.368 e. The Labute approximate surface area is 147 Å². The summed E-state index contributed by atoms with van der Waals surface area (Å²) in [6.45, 7) is 6.38. The Balaban J connectivity index is 1.72. The molecule has 6 heteroatoms. The second-order valence-electron chi connectivity index (χ2n) is 6.27. The average molecular weight is 343 g/mol. The molecule has 1 aliphatic heterocycles. The maximum Gasteiger partial charge on any atom is 0.253 e. The number of ether oxygens (including phenoxy) is 1. The molecule has 25 heavy (non-hydrogen) atoms. The maximum absolute atomic E-state index is 12.3. The summed E-state index contributed by atoms with van der Waals surface area (Å²) in [7, 11) is 0. The molecule has 1 atom stereocenters. The van der Waals surface area contributed by atoms with E-state index in [-0.39, 0.29) is 17.9 Å². The highest BCUT2D eigenvalue weighted by Crippen LogP contribution is 2.22. The SMILES string of the molecule is CCN(CC)C(=O)Cn1ccc2cc(NC(=O)C3CCCO3)ccc21. The third-order valence-electron chi connectivity index (χ3n) is 4.68. The minimum Gasteiger partial charge on any atom is -0.368 e. The molecule has 3 rings (SSSR count). The first-order valence-electron chi connectivity index (χ1n) is 8.91. The minimum atomic E-state index is -0.341. The van der Waals surface area contributed by atoms with E-state index < -0.39 is 0 Å². The quantitative estimate of drug-likeness (QED) is 0.877. The second kappa shape index (κ2) is 7.70. The van der Waals surface area contributed by atoms with Crippen molar-refractivity contribution in [2.75, 3.05) is 25.0 Å². The summed E-state index contributed by atoms with van der Waals surface area (Å²) in [5.41, 5.74) is 1.73. The zero-order valence-corrected chi connectivity index (χ0v) is 14.8. The van der Waals surface area contributed by atoms with Gasteiger partial charge >= 0.3 is 0 Å². The van der Waals surface area contributed by atoms with Crippen LogP contribution in [0.25, 0.3) is 10.9 Å². The van der Waals surface area contributed by atoms with Crippen LogP contribution in [0.15, 0.2) is 30.5 Å². The number of hydrogen-bond acceptors (Lipinski definition) is 3. The predicted octanol–water partition coefficient (Wildman–Crippen LogP) is 2.63. The fourth-order valence-electron chi connectivity index (χ4n) is 3.25. The van der Waals surface area contributed by atoms with E-state index in [4.69, 9.17) is 4.74 Å². The van der Waals surface area contributed by atoms with Crippen molar-refractivity contribution in [1.82, 2.24) is 9.47 Å². The van der Waals surface area contributed by atoms with Crippen molar-refractivity contribution in [3.8, 4) is 0 Å². The molecule has 0 radical (unpaired) electrons. The Morgan fingerprint density at radius 2 is 2.08 bits per heavy atom. The number of carbonyl (C=O) groups is 2. The van der Waals surface area contributed by atoms with E-state index in [1.807, 2.05) is 53.8 Å². The van der Waals surface area contributed by atoms with Crippen molar-refractivity contribution in [2.24, 2.45) is 0 Å². The molecule has 134 valence electrons. The van der Waals surface area contributed by atoms with Crippen molar-refractivity contribution in [3.63, 3.8) is 0 Å². The van der Waals surface area contributed by atoms with Gasteiger partial charge in [-0.2, -0.15) is 0 Å². The first-order valence-corrected chi connectivity index (χ1v) is 8.91. The third kappa shape index (κ3) is 3.85. The topological polar surface area (TPSA) is 63.6 Å². The van der Waals surface area contributed by atoms with Gasteiger partial charge in [-0.05, 0) is 51.0 Å². The van der Waals surface area contributed by atoms with Crippen molar-refractivity contribution in [2.45, 2.75) is 39.3 Å². The molecule has 0 aliphatic carbocycles. The van der Waals surface area contributed by atoms with Gasteiger partial charge in [0.05, 0.1) is 0 Å². The van der Waals surface area contributed by atoms with E-state index >= 15 is 0 Å². The summed E-state index contributed by atoms with van der Waals surface area (Å²) in [4.78, 5) is 26.3. The van der Waals surface area contributed by atoms with Crippen LogP contribution >= 0.6 is 0 Å². The number of amides is 2. The van der Waals surface area contributed by atoms with Crippen LogP contribution < -0.4 is 5.32 Å². The van der Waals surface area contributed by atoms with Crippen molar-refractivity contribution >= 4 is 28.4 Å². The standard InChI is InChI=1S/C19H25N3O3/c1-3-21(4-2)18(23)13-22-10-9-14-12-15(7-8-16(14)22)20-19(24)17-6-5-11-25-17/h7-10,12,17H,3-6,11,13H2,1-2H3,(H,20,24). The first-order chi connectivity index (χ1) is 12.1. The van der Waals surface area contributed by atoms with Crippen LogP contribution in [0, 0.1) is 0 Å². The number of benzene rings is 1. The normalized spacial score (nSPS) is 17.0. The van der Waals surface area contributed by atoms with E-state index in [1.54, 1.807) is 0 Å². The summed E-state index contributed by atoms with van der Waals surface area (Å²) in [5, 5.41) is 3.91. The lowest BCUT2D eigenvalue weighted by Gasteiger charge is -2.19. The van der Waals surface area contributed by atoms with Gasteiger partial charge in [-0.3, -0.25) is 9.59 Å². The molecule has 1 aliphatic rings. The van der Waals surface area contributed by atoms with Gasteiger partial charge in [-0.1, -0.05) is 0 Å². The number of fused-ring (bicyclic) bond motifs is 1. The highest BCUT2D eigenvalue weighted by atomic mass is 16.5. The maximum atomic E-state index is 12.3. The highest BCUT2D eigenvalue weighted by molar-refractivity contribution is 5.96. The van der Waals surface area contributed by atoms with E-state index in [0.29, 0.717) is 26.2 Å². The summed E-state index contributed by atoms with van der Waals surface area (Å²) in [5.74, 6) is 0.0197. The summed E-state index contributed by atoms with van der Waals surface area (Å²) in [6.07, 6.45) is 3.28. The van der Waals surface area contributed by atoms with Crippen LogP contribution in [0.1, 0.15) is 26.7 Å². The van der Waals surface area contributed by atoms with Gasteiger partial charge in [0.1, 0.15) is 12.6 Å². The Hall–Kier alpha value is -2.34. The number of nitrogens with one attached hydrogen (secondary N) is 1. The highest BCUT2D eigenvalue weighted by Gasteiger charge is 2.23. The molecule has 1 aromatic carbocycles. The molecule has 1 fully saturated rings. The van der Waals surface area contributed by atoms with Gasteiger partial charge in [0.15, 0.2) is 0 Å². The second-order valence-corrected chi connectivity index (χ2v) is 6.27. The number of nitrogens with zero attached hydrogens (tertiary/aromatic N) is 2. The molecular formula is C19H25N3O3. The van der Waals surface area contributed by atoms with E-state index in [2.05, 4.69) is 5.32 Å². The van der Waals surface area contributed by atoms with E-state index in [9.17, 15) is 9.59 Å². The fraction of sp³-hybridized carbons (Fsp3) is 0.474. The summed E-state index contributed by atoms with van der Waals surface area (Å²) < 4.78 is 7.35. The number of likely N-dealkylation sites (N-methyl/N-ethyl adjacent to an activating group) is 1. The molecule has 0 bridgehead atoms. The van der Waals surface area contributed by atoms with Crippen LogP contribution in [0.4, 0.5) is 5.69 Å². The Kier molecular flexibility index (Phi) is 5.38. The minimum absolute atomic E-state index is 0.0898. The molecular weight excluding hydrogens is 318 g/mol. The molecule has 1 saturated heterocycles. The Morgan fingerprint density at radius 1 is 1.28 bits per heavy atom. The van der Waals surface area contributed by atoms with Crippen molar-refractivity contribution in [3.05, 3.63) is 30.5 Å². The number of aromatic nitrogens is 1. The molecule has 2 amide bonds. The summed E-state index contributed by atoms with van der Waals surface area (Å²) >= 11 is 0. The van der Waals surface area contributed by atoms with Gasteiger partial charge in [-0.25, -0.2) is 0 Å². The van der Waals surface area contributed by atoms with Crippen molar-refractivity contribution in [1.29, 1.82) is 0 Å². The number of anilines is 1. The van der Waals surface area contributed by atoms with E-state index in [1.165, 1.54) is 0 Å². The van der Waals surface area contributed by atoms with Gasteiger partial charge in [-0.15, -0.1) is 0 Å². The Morgan fingerprint density at radius 3 is 2.76 bits per heavy atom. The fourth-order valence-corrected chi connectivity index (χ4v) is 3.25. The lowest BCUT2D eigenvalue weighted by Crippen LogP contribution is -2.33. The Bertz CT molecular complexity index is 758. The molecule has 2 heterocycles. The molecule has 1 unspecified atom stereocenters. The average Bonchev–Trinajstić information content (AvgIpc) is 3.26. The predicted molar refractivity (Wildman–Crippen MR) is 97.5 cm³/mol. The number of hydrogen-bond donors (Lipinski definition) is 1. The molecule has 2 aromatic rings. The first kappa shape index (κ1) is 17.5.